The van der Waals surface area contributed by atoms with Gasteiger partial charge < -0.3 is 14.6 Å². The molecule has 0 spiro atoms. The summed E-state index contributed by atoms with van der Waals surface area (Å²) in [6.07, 6.45) is 5.32. The number of hydrogen-bond acceptors (Lipinski definition) is 4. The molecule has 6 nitrogen and oxygen atoms in total. The number of fused-ring (bicyclic) bond motifs is 2. The summed E-state index contributed by atoms with van der Waals surface area (Å²) in [5.74, 6) is 2.73. The summed E-state index contributed by atoms with van der Waals surface area (Å²) in [5, 5.41) is 13.9. The molecule has 1 amide bonds. The molecule has 6 heteroatoms. The first kappa shape index (κ1) is 19.4. The second-order valence-corrected chi connectivity index (χ2v) is 7.73. The Morgan fingerprint density at radius 1 is 1.14 bits per heavy atom. The highest BCUT2D eigenvalue weighted by Crippen LogP contribution is 2.25. The van der Waals surface area contributed by atoms with Crippen LogP contribution < -0.4 is 10.1 Å². The summed E-state index contributed by atoms with van der Waals surface area (Å²) >= 11 is 0. The van der Waals surface area contributed by atoms with Crippen molar-refractivity contribution >= 4 is 16.7 Å². The van der Waals surface area contributed by atoms with Crippen LogP contribution in [0.25, 0.3) is 10.8 Å². The number of nitrogens with zero attached hydrogens (tertiary/aromatic N) is 3. The standard InChI is InChI=1S/C23H28N4O2/c1-16(17-7-8-19-15-20(29-2)10-9-18(19)14-17)23(28)24-12-11-22-26-25-21-6-4-3-5-13-27(21)22/h7-10,14-16H,3-6,11-13H2,1-2H3,(H,24,28)/t16-/m0/s1. The highest BCUT2D eigenvalue weighted by atomic mass is 16.5. The molecule has 1 atom stereocenters. The molecule has 29 heavy (non-hydrogen) atoms. The number of aromatic nitrogens is 3. The normalized spacial score (nSPS) is 14.8. The van der Waals surface area contributed by atoms with E-state index in [-0.39, 0.29) is 11.8 Å². The van der Waals surface area contributed by atoms with Gasteiger partial charge in [-0.25, -0.2) is 0 Å². The first-order valence-electron chi connectivity index (χ1n) is 10.4. The maximum absolute atomic E-state index is 12.7. The molecule has 0 aliphatic carbocycles. The Balaban J connectivity index is 1.37. The molecular weight excluding hydrogens is 364 g/mol. The molecule has 1 aliphatic rings. The molecule has 1 N–H and O–H groups in total. The molecule has 0 bridgehead atoms. The topological polar surface area (TPSA) is 69.0 Å². The summed E-state index contributed by atoms with van der Waals surface area (Å²) < 4.78 is 7.52. The monoisotopic (exact) mass is 392 g/mol. The van der Waals surface area contributed by atoms with Crippen molar-refractivity contribution in [2.75, 3.05) is 13.7 Å². The van der Waals surface area contributed by atoms with Gasteiger partial charge in [-0.2, -0.15) is 0 Å². The van der Waals surface area contributed by atoms with Crippen molar-refractivity contribution in [2.24, 2.45) is 0 Å². The number of nitrogens with one attached hydrogen (secondary N) is 1. The van der Waals surface area contributed by atoms with Gasteiger partial charge in [-0.05, 0) is 48.2 Å². The van der Waals surface area contributed by atoms with Gasteiger partial charge in [-0.3, -0.25) is 4.79 Å². The fourth-order valence-corrected chi connectivity index (χ4v) is 3.97. The Hall–Kier alpha value is -2.89. The van der Waals surface area contributed by atoms with Crippen molar-refractivity contribution < 1.29 is 9.53 Å². The van der Waals surface area contributed by atoms with Crippen molar-refractivity contribution in [2.45, 2.75) is 51.5 Å². The quantitative estimate of drug-likeness (QED) is 0.696. The van der Waals surface area contributed by atoms with Crippen molar-refractivity contribution in [1.82, 2.24) is 20.1 Å². The molecule has 2 heterocycles. The van der Waals surface area contributed by atoms with E-state index < -0.39 is 0 Å². The van der Waals surface area contributed by atoms with Gasteiger partial charge in [0, 0.05) is 25.9 Å². The van der Waals surface area contributed by atoms with Crippen LogP contribution in [0.1, 0.15) is 49.3 Å². The fraction of sp³-hybridized carbons (Fsp3) is 0.435. The van der Waals surface area contributed by atoms with Crippen LogP contribution in [-0.2, 0) is 24.2 Å². The van der Waals surface area contributed by atoms with Crippen LogP contribution in [-0.4, -0.2) is 34.3 Å². The fourth-order valence-electron chi connectivity index (χ4n) is 3.97. The Morgan fingerprint density at radius 3 is 2.83 bits per heavy atom. The van der Waals surface area contributed by atoms with Crippen molar-refractivity contribution in [3.63, 3.8) is 0 Å². The minimum absolute atomic E-state index is 0.0356. The number of aryl methyl sites for hydroxylation is 1. The molecule has 0 saturated heterocycles. The molecule has 1 aliphatic heterocycles. The zero-order valence-electron chi connectivity index (χ0n) is 17.1. The van der Waals surface area contributed by atoms with Crippen LogP contribution in [0.4, 0.5) is 0 Å². The summed E-state index contributed by atoms with van der Waals surface area (Å²) in [6.45, 7) is 3.51. The Morgan fingerprint density at radius 2 is 1.97 bits per heavy atom. The summed E-state index contributed by atoms with van der Waals surface area (Å²) in [5.41, 5.74) is 1.01. The lowest BCUT2D eigenvalue weighted by molar-refractivity contribution is -0.122. The number of amides is 1. The minimum atomic E-state index is -0.211. The average Bonchev–Trinajstić information content (AvgIpc) is 2.98. The summed E-state index contributed by atoms with van der Waals surface area (Å²) in [6, 6.07) is 12.1. The van der Waals surface area contributed by atoms with Gasteiger partial charge in [-0.15, -0.1) is 10.2 Å². The van der Waals surface area contributed by atoms with Crippen LogP contribution in [0.5, 0.6) is 5.75 Å². The number of rotatable bonds is 6. The second-order valence-electron chi connectivity index (χ2n) is 7.73. The number of hydrogen-bond donors (Lipinski definition) is 1. The number of methoxy groups -OCH3 is 1. The third-order valence-electron chi connectivity index (χ3n) is 5.80. The van der Waals surface area contributed by atoms with Crippen molar-refractivity contribution in [3.8, 4) is 5.75 Å². The van der Waals surface area contributed by atoms with Gasteiger partial charge in [0.25, 0.3) is 0 Å². The lowest BCUT2D eigenvalue weighted by atomic mass is 9.97. The van der Waals surface area contributed by atoms with Crippen LogP contribution in [0.3, 0.4) is 0 Å². The molecule has 4 rings (SSSR count). The maximum Gasteiger partial charge on any atom is 0.227 e. The molecule has 0 unspecified atom stereocenters. The van der Waals surface area contributed by atoms with Gasteiger partial charge in [-0.1, -0.05) is 30.7 Å². The Kier molecular flexibility index (Phi) is 5.79. The number of carbonyl (C=O) groups excluding carboxylic acids is 1. The lowest BCUT2D eigenvalue weighted by Crippen LogP contribution is -2.30. The third-order valence-corrected chi connectivity index (χ3v) is 5.80. The smallest absolute Gasteiger partial charge is 0.227 e. The molecule has 2 aromatic carbocycles. The molecule has 152 valence electrons. The van der Waals surface area contributed by atoms with E-state index in [2.05, 4.69) is 26.1 Å². The molecular formula is C23H28N4O2. The largest absolute Gasteiger partial charge is 0.497 e. The first-order valence-corrected chi connectivity index (χ1v) is 10.4. The number of carbonyl (C=O) groups is 1. The average molecular weight is 393 g/mol. The van der Waals surface area contributed by atoms with E-state index in [4.69, 9.17) is 4.74 Å². The van der Waals surface area contributed by atoms with E-state index in [0.717, 1.165) is 46.7 Å². The first-order chi connectivity index (χ1) is 14.2. The van der Waals surface area contributed by atoms with Crippen LogP contribution >= 0.6 is 0 Å². The van der Waals surface area contributed by atoms with Gasteiger partial charge in [0.2, 0.25) is 5.91 Å². The van der Waals surface area contributed by atoms with Crippen molar-refractivity contribution in [1.29, 1.82) is 0 Å². The number of benzene rings is 2. The highest BCUT2D eigenvalue weighted by Gasteiger charge is 2.17. The van der Waals surface area contributed by atoms with E-state index in [1.54, 1.807) is 7.11 Å². The van der Waals surface area contributed by atoms with Crippen LogP contribution in [0.15, 0.2) is 36.4 Å². The number of ether oxygens (including phenoxy) is 1. The summed E-state index contributed by atoms with van der Waals surface area (Å²) in [4.78, 5) is 12.7. The second kappa shape index (κ2) is 8.64. The molecule has 3 aromatic rings. The van der Waals surface area contributed by atoms with Gasteiger partial charge >= 0.3 is 0 Å². The molecule has 0 fully saturated rings. The van der Waals surface area contributed by atoms with E-state index in [1.807, 2.05) is 37.3 Å². The van der Waals surface area contributed by atoms with E-state index in [1.165, 1.54) is 19.3 Å². The maximum atomic E-state index is 12.7. The van der Waals surface area contributed by atoms with Crippen LogP contribution in [0, 0.1) is 0 Å². The van der Waals surface area contributed by atoms with Gasteiger partial charge in [0.15, 0.2) is 0 Å². The molecule has 0 radical (unpaired) electrons. The van der Waals surface area contributed by atoms with E-state index >= 15 is 0 Å². The van der Waals surface area contributed by atoms with Crippen molar-refractivity contribution in [3.05, 3.63) is 53.6 Å². The van der Waals surface area contributed by atoms with Gasteiger partial charge in [0.1, 0.15) is 17.4 Å². The van der Waals surface area contributed by atoms with Gasteiger partial charge in [0.05, 0.1) is 13.0 Å². The Labute approximate surface area is 171 Å². The molecule has 0 saturated carbocycles. The van der Waals surface area contributed by atoms with Crippen LogP contribution in [0.2, 0.25) is 0 Å². The molecule has 1 aromatic heterocycles. The predicted octanol–water partition coefficient (Wildman–Crippen LogP) is 3.63. The van der Waals surface area contributed by atoms with E-state index in [9.17, 15) is 4.79 Å². The lowest BCUT2D eigenvalue weighted by Gasteiger charge is -2.14. The zero-order chi connectivity index (χ0) is 20.2. The highest BCUT2D eigenvalue weighted by molar-refractivity contribution is 5.88. The van der Waals surface area contributed by atoms with E-state index in [0.29, 0.717) is 13.0 Å². The summed E-state index contributed by atoms with van der Waals surface area (Å²) in [7, 11) is 1.67. The third kappa shape index (κ3) is 4.26. The minimum Gasteiger partial charge on any atom is -0.497 e. The SMILES string of the molecule is COc1ccc2cc([C@H](C)C(=O)NCCc3nnc4n3CCCCC4)ccc2c1. The Bertz CT molecular complexity index is 1010. The predicted molar refractivity (Wildman–Crippen MR) is 113 cm³/mol. The zero-order valence-corrected chi connectivity index (χ0v) is 17.1.